The van der Waals surface area contributed by atoms with E-state index in [9.17, 15) is 19.8 Å². The van der Waals surface area contributed by atoms with Crippen LogP contribution in [-0.2, 0) is 0 Å². The second-order valence-corrected chi connectivity index (χ2v) is 5.26. The van der Waals surface area contributed by atoms with Gasteiger partial charge >= 0.3 is 5.97 Å². The van der Waals surface area contributed by atoms with E-state index in [1.807, 2.05) is 0 Å². The molecule has 0 aliphatic carbocycles. The van der Waals surface area contributed by atoms with E-state index in [2.05, 4.69) is 0 Å². The van der Waals surface area contributed by atoms with Crippen LogP contribution >= 0.6 is 0 Å². The number of rotatable bonds is 4. The molecule has 0 saturated carbocycles. The number of phenols is 2. The molecule has 3 aromatic carbocycles. The molecule has 0 amide bonds. The first-order valence-corrected chi connectivity index (χ1v) is 7.50. The molecular weight excluding hydrogens is 320 g/mol. The average Bonchev–Trinajstić information content (AvgIpc) is 2.66. The van der Waals surface area contributed by atoms with E-state index in [-0.39, 0.29) is 11.3 Å². The molecule has 0 bridgehead atoms. The Hall–Kier alpha value is -3.60. The molecule has 25 heavy (non-hydrogen) atoms. The number of hydrogen-bond acceptors (Lipinski definition) is 5. The SMILES string of the molecule is O=C(Oc1ccc(C(=O)c2ccccc2)c(O)c1O)c1ccccc1. The van der Waals surface area contributed by atoms with Crippen LogP contribution < -0.4 is 4.74 Å². The van der Waals surface area contributed by atoms with Crippen LogP contribution in [0.1, 0.15) is 26.3 Å². The van der Waals surface area contributed by atoms with Crippen LogP contribution in [0.3, 0.4) is 0 Å². The summed E-state index contributed by atoms with van der Waals surface area (Å²) in [6.07, 6.45) is 0. The summed E-state index contributed by atoms with van der Waals surface area (Å²) in [6.45, 7) is 0. The van der Waals surface area contributed by atoms with Gasteiger partial charge in [-0.25, -0.2) is 4.79 Å². The summed E-state index contributed by atoms with van der Waals surface area (Å²) < 4.78 is 5.09. The number of ketones is 1. The maximum atomic E-state index is 12.4. The lowest BCUT2D eigenvalue weighted by molar-refractivity contribution is 0.0729. The van der Waals surface area contributed by atoms with E-state index in [1.165, 1.54) is 12.1 Å². The van der Waals surface area contributed by atoms with E-state index in [0.717, 1.165) is 0 Å². The third-order valence-corrected chi connectivity index (χ3v) is 3.61. The van der Waals surface area contributed by atoms with Crippen molar-refractivity contribution in [2.45, 2.75) is 0 Å². The fourth-order valence-corrected chi connectivity index (χ4v) is 2.30. The summed E-state index contributed by atoms with van der Waals surface area (Å²) in [5.74, 6) is -2.65. The van der Waals surface area contributed by atoms with Crippen molar-refractivity contribution in [1.82, 2.24) is 0 Å². The van der Waals surface area contributed by atoms with E-state index < -0.39 is 23.3 Å². The van der Waals surface area contributed by atoms with Crippen LogP contribution in [0.2, 0.25) is 0 Å². The summed E-state index contributed by atoms with van der Waals surface area (Å²) in [7, 11) is 0. The topological polar surface area (TPSA) is 83.8 Å². The van der Waals surface area contributed by atoms with Crippen molar-refractivity contribution in [3.63, 3.8) is 0 Å². The number of ether oxygens (including phenoxy) is 1. The highest BCUT2D eigenvalue weighted by atomic mass is 16.5. The molecule has 0 saturated heterocycles. The van der Waals surface area contributed by atoms with Gasteiger partial charge in [0.2, 0.25) is 5.75 Å². The van der Waals surface area contributed by atoms with Gasteiger partial charge in [0.05, 0.1) is 11.1 Å². The molecule has 0 radical (unpaired) electrons. The van der Waals surface area contributed by atoms with Gasteiger partial charge in [-0.1, -0.05) is 48.5 Å². The van der Waals surface area contributed by atoms with E-state index in [4.69, 9.17) is 4.74 Å². The zero-order valence-corrected chi connectivity index (χ0v) is 13.0. The van der Waals surface area contributed by atoms with Crippen molar-refractivity contribution in [2.75, 3.05) is 0 Å². The zero-order chi connectivity index (χ0) is 17.8. The van der Waals surface area contributed by atoms with Crippen LogP contribution in [0.25, 0.3) is 0 Å². The zero-order valence-electron chi connectivity index (χ0n) is 13.0. The minimum atomic E-state index is -0.683. The van der Waals surface area contributed by atoms with Crippen LogP contribution in [0.4, 0.5) is 0 Å². The summed E-state index contributed by atoms with van der Waals surface area (Å²) in [5, 5.41) is 20.2. The Bertz CT molecular complexity index is 918. The quantitative estimate of drug-likeness (QED) is 0.330. The Morgan fingerprint density at radius 1 is 0.680 bits per heavy atom. The van der Waals surface area contributed by atoms with E-state index >= 15 is 0 Å². The van der Waals surface area contributed by atoms with Gasteiger partial charge in [-0.05, 0) is 24.3 Å². The third kappa shape index (κ3) is 3.35. The highest BCUT2D eigenvalue weighted by Gasteiger charge is 2.21. The number of aromatic hydroxyl groups is 2. The molecule has 2 N–H and O–H groups in total. The van der Waals surface area contributed by atoms with Crippen LogP contribution in [0.5, 0.6) is 17.2 Å². The first kappa shape index (κ1) is 16.3. The Kier molecular flexibility index (Phi) is 4.48. The van der Waals surface area contributed by atoms with Crippen molar-refractivity contribution >= 4 is 11.8 Å². The van der Waals surface area contributed by atoms with Gasteiger partial charge in [0.15, 0.2) is 17.3 Å². The third-order valence-electron chi connectivity index (χ3n) is 3.61. The summed E-state index contributed by atoms with van der Waals surface area (Å²) in [5.41, 5.74) is 0.584. The molecule has 5 heteroatoms. The summed E-state index contributed by atoms with van der Waals surface area (Å²) in [4.78, 5) is 24.4. The smallest absolute Gasteiger partial charge is 0.343 e. The number of phenolic OH excluding ortho intramolecular Hbond substituents is 2. The van der Waals surface area contributed by atoms with Gasteiger partial charge in [0.25, 0.3) is 0 Å². The first-order valence-electron chi connectivity index (χ1n) is 7.50. The molecule has 3 rings (SSSR count). The lowest BCUT2D eigenvalue weighted by Gasteiger charge is -2.10. The van der Waals surface area contributed by atoms with Gasteiger partial charge < -0.3 is 14.9 Å². The highest BCUT2D eigenvalue weighted by Crippen LogP contribution is 2.39. The number of benzene rings is 3. The summed E-state index contributed by atoms with van der Waals surface area (Å²) >= 11 is 0. The van der Waals surface area contributed by atoms with Crippen LogP contribution in [-0.4, -0.2) is 22.0 Å². The molecule has 0 aliphatic rings. The predicted octanol–water partition coefficient (Wildman–Crippen LogP) is 3.55. The number of carbonyl (C=O) groups excluding carboxylic acids is 2. The maximum Gasteiger partial charge on any atom is 0.343 e. The second-order valence-electron chi connectivity index (χ2n) is 5.26. The molecule has 0 heterocycles. The van der Waals surface area contributed by atoms with Crippen LogP contribution in [0, 0.1) is 0 Å². The van der Waals surface area contributed by atoms with Gasteiger partial charge in [-0.3, -0.25) is 4.79 Å². The standard InChI is InChI=1S/C20H14O5/c21-17(13-7-3-1-4-8-13)15-11-12-16(19(23)18(15)22)25-20(24)14-9-5-2-6-10-14/h1-12,22-23H. The molecule has 5 nitrogen and oxygen atoms in total. The Morgan fingerprint density at radius 2 is 1.24 bits per heavy atom. The molecule has 0 aromatic heterocycles. The lowest BCUT2D eigenvalue weighted by atomic mass is 10.0. The largest absolute Gasteiger partial charge is 0.504 e. The molecule has 0 atom stereocenters. The predicted molar refractivity (Wildman–Crippen MR) is 91.0 cm³/mol. The number of hydrogen-bond donors (Lipinski definition) is 2. The molecule has 124 valence electrons. The fraction of sp³-hybridized carbons (Fsp3) is 0. The maximum absolute atomic E-state index is 12.4. The number of carbonyl (C=O) groups is 2. The Morgan fingerprint density at radius 3 is 1.84 bits per heavy atom. The molecule has 0 fully saturated rings. The highest BCUT2D eigenvalue weighted by molar-refractivity contribution is 6.11. The molecule has 0 spiro atoms. The second kappa shape index (κ2) is 6.88. The van der Waals surface area contributed by atoms with E-state index in [0.29, 0.717) is 11.1 Å². The first-order chi connectivity index (χ1) is 12.1. The van der Waals surface area contributed by atoms with Gasteiger partial charge in [-0.2, -0.15) is 0 Å². The fourth-order valence-electron chi connectivity index (χ4n) is 2.30. The molecular formula is C20H14O5. The average molecular weight is 334 g/mol. The van der Waals surface area contributed by atoms with Crippen molar-refractivity contribution in [1.29, 1.82) is 0 Å². The number of esters is 1. The van der Waals surface area contributed by atoms with Gasteiger partial charge in [0, 0.05) is 5.56 Å². The van der Waals surface area contributed by atoms with Crippen LogP contribution in [0.15, 0.2) is 72.8 Å². The van der Waals surface area contributed by atoms with Crippen molar-refractivity contribution in [3.05, 3.63) is 89.5 Å². The molecule has 0 unspecified atom stereocenters. The Labute approximate surface area is 143 Å². The van der Waals surface area contributed by atoms with E-state index in [1.54, 1.807) is 60.7 Å². The Balaban J connectivity index is 1.88. The van der Waals surface area contributed by atoms with Gasteiger partial charge in [-0.15, -0.1) is 0 Å². The summed E-state index contributed by atoms with van der Waals surface area (Å²) in [6, 6.07) is 19.2. The monoisotopic (exact) mass is 334 g/mol. The minimum Gasteiger partial charge on any atom is -0.504 e. The lowest BCUT2D eigenvalue weighted by Crippen LogP contribution is -2.09. The molecule has 0 aliphatic heterocycles. The van der Waals surface area contributed by atoms with Crippen molar-refractivity contribution < 1.29 is 24.5 Å². The van der Waals surface area contributed by atoms with Crippen molar-refractivity contribution in [2.24, 2.45) is 0 Å². The normalized spacial score (nSPS) is 10.2. The molecule has 3 aromatic rings. The minimum absolute atomic E-state index is 0.0804. The van der Waals surface area contributed by atoms with Gasteiger partial charge in [0.1, 0.15) is 0 Å². The van der Waals surface area contributed by atoms with Crippen molar-refractivity contribution in [3.8, 4) is 17.2 Å².